The van der Waals surface area contributed by atoms with Crippen LogP contribution in [-0.2, 0) is 9.53 Å². The fraction of sp³-hybridized carbons (Fsp3) is 0.714. The van der Waals surface area contributed by atoms with E-state index in [1.807, 2.05) is 0 Å². The summed E-state index contributed by atoms with van der Waals surface area (Å²) in [5.74, 6) is -7.50. The lowest BCUT2D eigenvalue weighted by Crippen LogP contribution is -2.56. The molecule has 170 valence electrons. The Hall–Kier alpha value is -1.90. The average Bonchev–Trinajstić information content (AvgIpc) is 3.25. The molecule has 0 aliphatic rings. The predicted octanol–water partition coefficient (Wildman–Crippen LogP) is 5.73. The number of hydrogen-bond donors (Lipinski definition) is 2. The first kappa shape index (κ1) is 26.1. The Balaban J connectivity index is 2.73. The highest BCUT2D eigenvalue weighted by molar-refractivity contribution is 7.81. The minimum atomic E-state index is -4.20. The largest absolute Gasteiger partial charge is 0.477 e. The molecule has 6 nitrogen and oxygen atoms in total. The van der Waals surface area contributed by atoms with Crippen LogP contribution in [0, 0.1) is 0 Å². The maximum atomic E-state index is 14.7. The molecule has 0 amide bonds. The summed E-state index contributed by atoms with van der Waals surface area (Å²) in [5, 5.41) is 8.39. The standard InChI is InChI=1S/C21H32F2N2O4S/c1-3-5-6-7-8-9-10-11-12-13-20(4-2,21(22,23)19(27)28)29-18(30)16(26)17-24-14-15-25-17/h14-15H,3-13H2,1-2H3,(H,24,25)(H,27,28). The molecule has 0 spiro atoms. The van der Waals surface area contributed by atoms with E-state index in [1.165, 1.54) is 38.6 Å². The number of H-pyrrole nitrogens is 1. The van der Waals surface area contributed by atoms with Gasteiger partial charge in [-0.3, -0.25) is 4.79 Å². The van der Waals surface area contributed by atoms with Gasteiger partial charge in [0, 0.05) is 12.4 Å². The predicted molar refractivity (Wildman–Crippen MR) is 114 cm³/mol. The van der Waals surface area contributed by atoms with E-state index in [-0.39, 0.29) is 18.7 Å². The number of nitrogens with one attached hydrogen (secondary N) is 1. The highest BCUT2D eigenvalue weighted by Gasteiger charge is 2.61. The summed E-state index contributed by atoms with van der Waals surface area (Å²) in [6.07, 6.45) is 10.9. The number of aromatic amines is 1. The average molecular weight is 447 g/mol. The molecule has 1 heterocycles. The van der Waals surface area contributed by atoms with E-state index >= 15 is 0 Å². The van der Waals surface area contributed by atoms with Crippen molar-refractivity contribution in [2.75, 3.05) is 0 Å². The molecule has 0 radical (unpaired) electrons. The first-order valence-electron chi connectivity index (χ1n) is 10.6. The Bertz CT molecular complexity index is 683. The molecule has 1 atom stereocenters. The van der Waals surface area contributed by atoms with Gasteiger partial charge in [0.2, 0.25) is 5.05 Å². The Morgan fingerprint density at radius 2 is 1.67 bits per heavy atom. The van der Waals surface area contributed by atoms with Crippen LogP contribution in [0.3, 0.4) is 0 Å². The van der Waals surface area contributed by atoms with Gasteiger partial charge in [-0.1, -0.05) is 65.2 Å². The fourth-order valence-electron chi connectivity index (χ4n) is 3.37. The van der Waals surface area contributed by atoms with Crippen molar-refractivity contribution < 1.29 is 28.2 Å². The van der Waals surface area contributed by atoms with E-state index in [2.05, 4.69) is 16.9 Å². The van der Waals surface area contributed by atoms with Crippen molar-refractivity contribution >= 4 is 29.0 Å². The number of ether oxygens (including phenoxy) is 1. The van der Waals surface area contributed by atoms with Gasteiger partial charge in [0.15, 0.2) is 11.4 Å². The smallest absolute Gasteiger partial charge is 0.381 e. The molecule has 0 aliphatic heterocycles. The van der Waals surface area contributed by atoms with Gasteiger partial charge in [0.1, 0.15) is 0 Å². The number of Topliss-reactive ketones (excluding diaryl/α,β-unsaturated/α-hetero) is 1. The van der Waals surface area contributed by atoms with E-state index in [0.29, 0.717) is 12.8 Å². The Labute approximate surface area is 181 Å². The Morgan fingerprint density at radius 1 is 1.10 bits per heavy atom. The van der Waals surface area contributed by atoms with Gasteiger partial charge in [0.25, 0.3) is 5.78 Å². The van der Waals surface area contributed by atoms with E-state index < -0.39 is 28.3 Å². The third kappa shape index (κ3) is 7.11. The van der Waals surface area contributed by atoms with Crippen molar-refractivity contribution in [3.8, 4) is 0 Å². The molecule has 0 bridgehead atoms. The number of carbonyl (C=O) groups excluding carboxylic acids is 1. The zero-order chi connectivity index (χ0) is 22.6. The second kappa shape index (κ2) is 12.7. The third-order valence-corrected chi connectivity index (χ3v) is 5.55. The number of halogens is 2. The van der Waals surface area contributed by atoms with Crippen LogP contribution in [0.1, 0.15) is 95.1 Å². The highest BCUT2D eigenvalue weighted by atomic mass is 32.1. The maximum absolute atomic E-state index is 14.7. The van der Waals surface area contributed by atoms with Crippen LogP contribution >= 0.6 is 12.2 Å². The van der Waals surface area contributed by atoms with E-state index in [4.69, 9.17) is 22.1 Å². The third-order valence-electron chi connectivity index (χ3n) is 5.28. The van der Waals surface area contributed by atoms with Gasteiger partial charge in [-0.15, -0.1) is 0 Å². The van der Waals surface area contributed by atoms with Crippen molar-refractivity contribution in [3.63, 3.8) is 0 Å². The highest BCUT2D eigenvalue weighted by Crippen LogP contribution is 2.40. The molecule has 0 aromatic carbocycles. The summed E-state index contributed by atoms with van der Waals surface area (Å²) in [4.78, 5) is 29.8. The molecule has 9 heteroatoms. The number of hydrogen-bond acceptors (Lipinski definition) is 5. The lowest BCUT2D eigenvalue weighted by Gasteiger charge is -2.37. The zero-order valence-corrected chi connectivity index (χ0v) is 18.5. The quantitative estimate of drug-likeness (QED) is 0.191. The molecular formula is C21H32F2N2O4S. The minimum Gasteiger partial charge on any atom is -0.477 e. The second-order valence-corrected chi connectivity index (χ2v) is 7.83. The summed E-state index contributed by atoms with van der Waals surface area (Å²) in [7, 11) is 0. The fourth-order valence-corrected chi connectivity index (χ4v) is 3.63. The van der Waals surface area contributed by atoms with Crippen LogP contribution in [0.2, 0.25) is 0 Å². The number of thiocarbonyl (C=S) groups is 1. The number of unbranched alkanes of at least 4 members (excludes halogenated alkanes) is 8. The second-order valence-electron chi connectivity index (χ2n) is 7.46. The molecule has 1 rings (SSSR count). The summed E-state index contributed by atoms with van der Waals surface area (Å²) in [6, 6.07) is 0. The molecule has 0 saturated carbocycles. The van der Waals surface area contributed by atoms with Gasteiger partial charge < -0.3 is 14.8 Å². The molecule has 0 saturated heterocycles. The number of rotatable bonds is 16. The number of aliphatic carboxylic acids is 1. The van der Waals surface area contributed by atoms with Crippen molar-refractivity contribution in [1.29, 1.82) is 0 Å². The van der Waals surface area contributed by atoms with Crippen molar-refractivity contribution in [3.05, 3.63) is 18.2 Å². The van der Waals surface area contributed by atoms with Crippen LogP contribution in [-0.4, -0.2) is 43.4 Å². The zero-order valence-electron chi connectivity index (χ0n) is 17.7. The molecular weight excluding hydrogens is 414 g/mol. The van der Waals surface area contributed by atoms with Gasteiger partial charge in [0.05, 0.1) is 0 Å². The van der Waals surface area contributed by atoms with E-state index in [1.54, 1.807) is 0 Å². The Morgan fingerprint density at radius 3 is 2.13 bits per heavy atom. The van der Waals surface area contributed by atoms with Crippen LogP contribution in [0.15, 0.2) is 12.4 Å². The number of carboxylic acids is 1. The first-order valence-corrected chi connectivity index (χ1v) is 11.0. The number of imidazole rings is 1. The number of aromatic nitrogens is 2. The van der Waals surface area contributed by atoms with Crippen LogP contribution < -0.4 is 0 Å². The normalized spacial score (nSPS) is 13.6. The first-order chi connectivity index (χ1) is 14.2. The van der Waals surface area contributed by atoms with Crippen LogP contribution in [0.25, 0.3) is 0 Å². The number of carboxylic acid groups (broad SMARTS) is 1. The van der Waals surface area contributed by atoms with E-state index in [9.17, 15) is 18.4 Å². The lowest BCUT2D eigenvalue weighted by atomic mass is 9.86. The van der Waals surface area contributed by atoms with Gasteiger partial charge >= 0.3 is 11.9 Å². The van der Waals surface area contributed by atoms with Gasteiger partial charge in [-0.2, -0.15) is 8.78 Å². The van der Waals surface area contributed by atoms with E-state index in [0.717, 1.165) is 25.7 Å². The van der Waals surface area contributed by atoms with Gasteiger partial charge in [-0.25, -0.2) is 9.78 Å². The molecule has 0 aliphatic carbocycles. The molecule has 30 heavy (non-hydrogen) atoms. The number of alkyl halides is 2. The number of ketones is 1. The summed E-state index contributed by atoms with van der Waals surface area (Å²) in [6.45, 7) is 3.56. The minimum absolute atomic E-state index is 0.147. The van der Waals surface area contributed by atoms with Crippen molar-refractivity contribution in [2.24, 2.45) is 0 Å². The molecule has 1 aromatic heterocycles. The Kier molecular flexibility index (Phi) is 11.1. The monoisotopic (exact) mass is 446 g/mol. The molecule has 2 N–H and O–H groups in total. The van der Waals surface area contributed by atoms with Crippen LogP contribution in [0.4, 0.5) is 8.78 Å². The van der Waals surface area contributed by atoms with Crippen molar-refractivity contribution in [2.45, 2.75) is 96.0 Å². The maximum Gasteiger partial charge on any atom is 0.381 e. The SMILES string of the molecule is CCCCCCCCCCCC(CC)(OC(=S)C(=O)c1ncc[nH]1)C(F)(F)C(=O)O. The number of carbonyl (C=O) groups is 2. The summed E-state index contributed by atoms with van der Waals surface area (Å²) >= 11 is 4.91. The van der Waals surface area contributed by atoms with Crippen molar-refractivity contribution in [1.82, 2.24) is 9.97 Å². The number of nitrogens with zero attached hydrogens (tertiary/aromatic N) is 1. The molecule has 1 unspecified atom stereocenters. The topological polar surface area (TPSA) is 92.3 Å². The lowest BCUT2D eigenvalue weighted by molar-refractivity contribution is -0.206. The summed E-state index contributed by atoms with van der Waals surface area (Å²) in [5.41, 5.74) is -2.39. The van der Waals surface area contributed by atoms with Gasteiger partial charge in [-0.05, 0) is 31.5 Å². The summed E-state index contributed by atoms with van der Waals surface area (Å²) < 4.78 is 34.6. The molecule has 0 fully saturated rings. The molecule has 1 aromatic rings. The van der Waals surface area contributed by atoms with Crippen LogP contribution in [0.5, 0.6) is 0 Å².